The number of nitrogens with zero attached hydrogens (tertiary/aromatic N) is 2. The number of amides is 3. The summed E-state index contributed by atoms with van der Waals surface area (Å²) in [7, 11) is 0. The van der Waals surface area contributed by atoms with Crippen molar-refractivity contribution in [3.05, 3.63) is 0 Å². The number of carbonyl (C=O) groups is 4. The van der Waals surface area contributed by atoms with Gasteiger partial charge in [-0.2, -0.15) is 0 Å². The smallest absolute Gasteiger partial charge is 0.326 e. The number of likely N-dealkylation sites (tertiary alicyclic amines) is 1. The predicted octanol–water partition coefficient (Wildman–Crippen LogP) is -0.495. The summed E-state index contributed by atoms with van der Waals surface area (Å²) >= 11 is 0. The zero-order valence-corrected chi connectivity index (χ0v) is 21.3. The third-order valence-corrected chi connectivity index (χ3v) is 6.74. The first kappa shape index (κ1) is 30.1. The van der Waals surface area contributed by atoms with Crippen molar-refractivity contribution in [1.82, 2.24) is 15.5 Å². The second kappa shape index (κ2) is 14.5. The summed E-state index contributed by atoms with van der Waals surface area (Å²) in [5, 5.41) is 15.0. The molecule has 0 aromatic heterocycles. The summed E-state index contributed by atoms with van der Waals surface area (Å²) in [5.74, 6) is -2.90. The molecule has 1 rings (SSSR count). The molecule has 3 amide bonds. The Balaban J connectivity index is 3.07. The second-order valence-corrected chi connectivity index (χ2v) is 9.32. The zero-order chi connectivity index (χ0) is 26.7. The highest BCUT2D eigenvalue weighted by atomic mass is 16.4. The van der Waals surface area contributed by atoms with Gasteiger partial charge in [-0.05, 0) is 37.5 Å². The lowest BCUT2D eigenvalue weighted by molar-refractivity contribution is -0.150. The minimum Gasteiger partial charge on any atom is -0.480 e. The van der Waals surface area contributed by atoms with E-state index in [1.807, 2.05) is 27.7 Å². The molecule has 12 heteroatoms. The number of guanidine groups is 1. The molecule has 35 heavy (non-hydrogen) atoms. The maximum atomic E-state index is 13.3. The molecule has 0 bridgehead atoms. The van der Waals surface area contributed by atoms with E-state index < -0.39 is 47.9 Å². The number of hydrogen-bond donors (Lipinski definition) is 6. The molecule has 0 saturated carbocycles. The number of aliphatic imine (C=N–C) groups is 1. The fourth-order valence-electron chi connectivity index (χ4n) is 3.96. The van der Waals surface area contributed by atoms with Gasteiger partial charge in [-0.25, -0.2) is 4.79 Å². The van der Waals surface area contributed by atoms with Crippen LogP contribution in [0.15, 0.2) is 4.99 Å². The third-order valence-electron chi connectivity index (χ3n) is 6.74. The van der Waals surface area contributed by atoms with Gasteiger partial charge in [-0.15, -0.1) is 0 Å². The molecule has 12 nitrogen and oxygen atoms in total. The van der Waals surface area contributed by atoms with Crippen molar-refractivity contribution in [2.75, 3.05) is 13.1 Å². The van der Waals surface area contributed by atoms with Crippen LogP contribution in [0.2, 0.25) is 0 Å². The fraction of sp³-hybridized carbons (Fsp3) is 0.783. The molecule has 0 aliphatic carbocycles. The van der Waals surface area contributed by atoms with E-state index in [-0.39, 0.29) is 30.8 Å². The maximum Gasteiger partial charge on any atom is 0.326 e. The molecule has 1 heterocycles. The van der Waals surface area contributed by atoms with Crippen LogP contribution < -0.4 is 27.8 Å². The molecular formula is C23H43N7O5. The van der Waals surface area contributed by atoms with E-state index in [2.05, 4.69) is 15.6 Å². The van der Waals surface area contributed by atoms with Crippen molar-refractivity contribution in [2.45, 2.75) is 90.4 Å². The van der Waals surface area contributed by atoms with Crippen molar-refractivity contribution >= 4 is 29.7 Å². The SMILES string of the molecule is CCC(C)C(N)C(=O)NC(CCCN=C(N)N)C(=O)NC(C(=O)N1CCCC1C(=O)O)C(C)CC. The molecule has 0 aromatic carbocycles. The molecule has 6 atom stereocenters. The number of carbonyl (C=O) groups excluding carboxylic acids is 3. The van der Waals surface area contributed by atoms with Gasteiger partial charge in [0.15, 0.2) is 5.96 Å². The Bertz CT molecular complexity index is 771. The number of rotatable bonds is 14. The molecular weight excluding hydrogens is 454 g/mol. The van der Waals surface area contributed by atoms with Crippen LogP contribution in [-0.4, -0.2) is 76.9 Å². The largest absolute Gasteiger partial charge is 0.480 e. The first-order chi connectivity index (χ1) is 16.4. The highest BCUT2D eigenvalue weighted by Gasteiger charge is 2.40. The summed E-state index contributed by atoms with van der Waals surface area (Å²) in [5.41, 5.74) is 16.8. The van der Waals surface area contributed by atoms with Gasteiger partial charge in [-0.1, -0.05) is 40.5 Å². The quantitative estimate of drug-likeness (QED) is 0.104. The number of carboxylic acid groups (broad SMARTS) is 1. The minimum absolute atomic E-state index is 0.0742. The van der Waals surface area contributed by atoms with Crippen molar-refractivity contribution < 1.29 is 24.3 Å². The summed E-state index contributed by atoms with van der Waals surface area (Å²) in [6.45, 7) is 8.06. The zero-order valence-electron chi connectivity index (χ0n) is 21.3. The lowest BCUT2D eigenvalue weighted by Gasteiger charge is -2.31. The van der Waals surface area contributed by atoms with E-state index in [0.29, 0.717) is 38.6 Å². The van der Waals surface area contributed by atoms with Crippen LogP contribution in [0.4, 0.5) is 0 Å². The predicted molar refractivity (Wildman–Crippen MR) is 133 cm³/mol. The van der Waals surface area contributed by atoms with Gasteiger partial charge in [0.2, 0.25) is 17.7 Å². The Labute approximate surface area is 207 Å². The molecule has 1 aliphatic heterocycles. The molecule has 1 fully saturated rings. The molecule has 200 valence electrons. The van der Waals surface area contributed by atoms with Gasteiger partial charge < -0.3 is 37.8 Å². The highest BCUT2D eigenvalue weighted by Crippen LogP contribution is 2.21. The average molecular weight is 498 g/mol. The standard InChI is InChI=1S/C23H43N7O5/c1-5-13(3)17(24)20(32)28-15(9-7-11-27-23(25)26)19(31)29-18(14(4)6-2)21(33)30-12-8-10-16(30)22(34)35/h13-18H,5-12,24H2,1-4H3,(H,28,32)(H,29,31)(H,34,35)(H4,25,26,27). The highest BCUT2D eigenvalue weighted by molar-refractivity contribution is 5.94. The summed E-state index contributed by atoms with van der Waals surface area (Å²) < 4.78 is 0. The van der Waals surface area contributed by atoms with E-state index >= 15 is 0 Å². The minimum atomic E-state index is -1.06. The lowest BCUT2D eigenvalue weighted by atomic mass is 9.96. The number of carboxylic acids is 1. The first-order valence-corrected chi connectivity index (χ1v) is 12.4. The van der Waals surface area contributed by atoms with Crippen LogP contribution in [0, 0.1) is 11.8 Å². The topological polar surface area (TPSA) is 206 Å². The van der Waals surface area contributed by atoms with E-state index in [1.165, 1.54) is 4.90 Å². The van der Waals surface area contributed by atoms with Gasteiger partial charge >= 0.3 is 5.97 Å². The van der Waals surface area contributed by atoms with Crippen LogP contribution in [0.5, 0.6) is 0 Å². The molecule has 1 aliphatic rings. The van der Waals surface area contributed by atoms with Crippen molar-refractivity contribution in [1.29, 1.82) is 0 Å². The van der Waals surface area contributed by atoms with Crippen LogP contribution in [0.25, 0.3) is 0 Å². The molecule has 9 N–H and O–H groups in total. The third kappa shape index (κ3) is 9.00. The Kier molecular flexibility index (Phi) is 12.5. The van der Waals surface area contributed by atoms with E-state index in [4.69, 9.17) is 17.2 Å². The average Bonchev–Trinajstić information content (AvgIpc) is 3.32. The number of nitrogens with one attached hydrogen (secondary N) is 2. The van der Waals surface area contributed by atoms with Gasteiger partial charge in [0.1, 0.15) is 18.1 Å². The van der Waals surface area contributed by atoms with Crippen LogP contribution in [0.1, 0.15) is 66.2 Å². The second-order valence-electron chi connectivity index (χ2n) is 9.32. The molecule has 0 aromatic rings. The summed E-state index contributed by atoms with van der Waals surface area (Å²) in [4.78, 5) is 56.1. The normalized spacial score (nSPS) is 19.7. The van der Waals surface area contributed by atoms with Gasteiger partial charge in [0.05, 0.1) is 6.04 Å². The van der Waals surface area contributed by atoms with Gasteiger partial charge in [0, 0.05) is 13.1 Å². The van der Waals surface area contributed by atoms with Crippen molar-refractivity contribution in [2.24, 2.45) is 34.0 Å². The molecule has 0 radical (unpaired) electrons. The number of hydrogen-bond acceptors (Lipinski definition) is 6. The maximum absolute atomic E-state index is 13.3. The summed E-state index contributed by atoms with van der Waals surface area (Å²) in [6.07, 6.45) is 2.87. The first-order valence-electron chi connectivity index (χ1n) is 12.4. The lowest BCUT2D eigenvalue weighted by Crippen LogP contribution is -2.59. The van der Waals surface area contributed by atoms with Crippen LogP contribution in [0.3, 0.4) is 0 Å². The van der Waals surface area contributed by atoms with E-state index in [0.717, 1.165) is 0 Å². The number of aliphatic carboxylic acids is 1. The monoisotopic (exact) mass is 497 g/mol. The Morgan fingerprint density at radius 1 is 1.06 bits per heavy atom. The fourth-order valence-corrected chi connectivity index (χ4v) is 3.96. The van der Waals surface area contributed by atoms with Crippen molar-refractivity contribution in [3.63, 3.8) is 0 Å². The molecule has 1 saturated heterocycles. The van der Waals surface area contributed by atoms with E-state index in [9.17, 15) is 24.3 Å². The summed E-state index contributed by atoms with van der Waals surface area (Å²) in [6, 6.07) is -3.58. The molecule has 6 unspecified atom stereocenters. The van der Waals surface area contributed by atoms with E-state index in [1.54, 1.807) is 0 Å². The van der Waals surface area contributed by atoms with Crippen molar-refractivity contribution in [3.8, 4) is 0 Å². The van der Waals surface area contributed by atoms with Gasteiger partial charge in [-0.3, -0.25) is 19.4 Å². The number of nitrogens with two attached hydrogens (primary N) is 3. The van der Waals surface area contributed by atoms with Crippen LogP contribution in [-0.2, 0) is 19.2 Å². The Morgan fingerprint density at radius 3 is 2.23 bits per heavy atom. The molecule has 0 spiro atoms. The Hall–Kier alpha value is -2.89. The Morgan fingerprint density at radius 2 is 1.69 bits per heavy atom. The van der Waals surface area contributed by atoms with Crippen LogP contribution >= 0.6 is 0 Å². The van der Waals surface area contributed by atoms with Gasteiger partial charge in [0.25, 0.3) is 0 Å².